The summed E-state index contributed by atoms with van der Waals surface area (Å²) in [4.78, 5) is 8.71. The van der Waals surface area contributed by atoms with Crippen LogP contribution in [0.2, 0.25) is 0 Å². The summed E-state index contributed by atoms with van der Waals surface area (Å²) in [7, 11) is 0. The summed E-state index contributed by atoms with van der Waals surface area (Å²) >= 11 is 0. The molecule has 94 valence electrons. The summed E-state index contributed by atoms with van der Waals surface area (Å²) < 4.78 is 0. The van der Waals surface area contributed by atoms with Crippen LogP contribution in [0.25, 0.3) is 10.9 Å². The van der Waals surface area contributed by atoms with E-state index in [1.165, 1.54) is 0 Å². The van der Waals surface area contributed by atoms with Crippen LogP contribution in [0.4, 0.5) is 0 Å². The molecule has 3 heteroatoms. The summed E-state index contributed by atoms with van der Waals surface area (Å²) in [6.07, 6.45) is 1.58. The van der Waals surface area contributed by atoms with Crippen molar-refractivity contribution in [2.45, 2.75) is 12.5 Å². The second-order valence-electron chi connectivity index (χ2n) is 4.47. The van der Waals surface area contributed by atoms with Gasteiger partial charge in [-0.05, 0) is 24.3 Å². The third-order valence-electron chi connectivity index (χ3n) is 3.09. The fourth-order valence-electron chi connectivity index (χ4n) is 2.09. The molecule has 0 bridgehead atoms. The Morgan fingerprint density at radius 2 is 1.79 bits per heavy atom. The summed E-state index contributed by atoms with van der Waals surface area (Å²) in [6.45, 7) is 0. The molecule has 1 unspecified atom stereocenters. The van der Waals surface area contributed by atoms with Crippen molar-refractivity contribution in [1.29, 1.82) is 0 Å². The Hall–Kier alpha value is -2.26. The fourth-order valence-corrected chi connectivity index (χ4v) is 2.09. The van der Waals surface area contributed by atoms with Crippen LogP contribution in [0, 0.1) is 0 Å². The maximum atomic E-state index is 10.2. The first kappa shape index (κ1) is 11.8. The van der Waals surface area contributed by atoms with E-state index in [2.05, 4.69) is 9.97 Å². The lowest BCUT2D eigenvalue weighted by Crippen LogP contribution is -2.05. The highest BCUT2D eigenvalue weighted by molar-refractivity contribution is 5.78. The number of rotatable bonds is 3. The number of aliphatic hydroxyl groups excluding tert-OH is 1. The van der Waals surface area contributed by atoms with Gasteiger partial charge in [0.15, 0.2) is 0 Å². The van der Waals surface area contributed by atoms with Gasteiger partial charge >= 0.3 is 0 Å². The van der Waals surface area contributed by atoms with Crippen molar-refractivity contribution in [2.75, 3.05) is 0 Å². The molecule has 0 amide bonds. The monoisotopic (exact) mass is 250 g/mol. The van der Waals surface area contributed by atoms with Crippen molar-refractivity contribution in [1.82, 2.24) is 9.97 Å². The Morgan fingerprint density at radius 3 is 2.63 bits per heavy atom. The van der Waals surface area contributed by atoms with Crippen LogP contribution in [0.15, 0.2) is 60.8 Å². The molecule has 0 saturated carbocycles. The fraction of sp³-hybridized carbons (Fsp3) is 0.125. The highest BCUT2D eigenvalue weighted by Crippen LogP contribution is 2.19. The number of fused-ring (bicyclic) bond motifs is 1. The number of hydrogen-bond acceptors (Lipinski definition) is 3. The van der Waals surface area contributed by atoms with Crippen molar-refractivity contribution in [3.05, 3.63) is 72.2 Å². The van der Waals surface area contributed by atoms with Crippen molar-refractivity contribution in [3.8, 4) is 0 Å². The first-order valence-corrected chi connectivity index (χ1v) is 6.26. The van der Waals surface area contributed by atoms with E-state index < -0.39 is 6.10 Å². The van der Waals surface area contributed by atoms with Gasteiger partial charge in [0.2, 0.25) is 0 Å². The van der Waals surface area contributed by atoms with E-state index in [1.54, 1.807) is 6.20 Å². The van der Waals surface area contributed by atoms with Gasteiger partial charge in [-0.25, -0.2) is 0 Å². The Morgan fingerprint density at radius 1 is 0.947 bits per heavy atom. The van der Waals surface area contributed by atoms with Crippen molar-refractivity contribution in [2.24, 2.45) is 0 Å². The molecule has 3 nitrogen and oxygen atoms in total. The van der Waals surface area contributed by atoms with E-state index in [1.807, 2.05) is 54.6 Å². The van der Waals surface area contributed by atoms with Gasteiger partial charge in [0, 0.05) is 23.7 Å². The average Bonchev–Trinajstić information content (AvgIpc) is 2.48. The quantitative estimate of drug-likeness (QED) is 0.777. The first-order chi connectivity index (χ1) is 9.33. The maximum Gasteiger partial charge on any atom is 0.101 e. The SMILES string of the molecule is OC(Cc1ccccn1)c1ccc2ccccc2n1. The number of nitrogens with zero attached hydrogens (tertiary/aromatic N) is 2. The zero-order chi connectivity index (χ0) is 13.1. The molecule has 0 aliphatic rings. The number of hydrogen-bond donors (Lipinski definition) is 1. The Bertz CT molecular complexity index is 682. The predicted octanol–water partition coefficient (Wildman–Crippen LogP) is 2.91. The lowest BCUT2D eigenvalue weighted by atomic mass is 10.1. The van der Waals surface area contributed by atoms with Crippen LogP contribution in [0.5, 0.6) is 0 Å². The van der Waals surface area contributed by atoms with E-state index in [-0.39, 0.29) is 0 Å². The summed E-state index contributed by atoms with van der Waals surface area (Å²) in [6, 6.07) is 17.4. The highest BCUT2D eigenvalue weighted by Gasteiger charge is 2.11. The Labute approximate surface area is 111 Å². The molecule has 3 rings (SSSR count). The van der Waals surface area contributed by atoms with Gasteiger partial charge in [-0.1, -0.05) is 30.3 Å². The summed E-state index contributed by atoms with van der Waals surface area (Å²) in [5.41, 5.74) is 2.45. The van der Waals surface area contributed by atoms with E-state index in [0.29, 0.717) is 12.1 Å². The molecule has 0 radical (unpaired) electrons. The molecule has 0 saturated heterocycles. The molecule has 1 aromatic carbocycles. The molecule has 0 fully saturated rings. The molecular weight excluding hydrogens is 236 g/mol. The minimum Gasteiger partial charge on any atom is -0.386 e. The zero-order valence-corrected chi connectivity index (χ0v) is 10.4. The molecule has 0 aliphatic heterocycles. The van der Waals surface area contributed by atoms with Gasteiger partial charge in [-0.3, -0.25) is 9.97 Å². The number of benzene rings is 1. The van der Waals surface area contributed by atoms with E-state index in [9.17, 15) is 5.11 Å². The van der Waals surface area contributed by atoms with Crippen LogP contribution in [-0.2, 0) is 6.42 Å². The van der Waals surface area contributed by atoms with Crippen LogP contribution >= 0.6 is 0 Å². The summed E-state index contributed by atoms with van der Waals surface area (Å²) in [5.74, 6) is 0. The molecular formula is C16H14N2O. The van der Waals surface area contributed by atoms with Crippen molar-refractivity contribution >= 4 is 10.9 Å². The normalized spacial score (nSPS) is 12.5. The second kappa shape index (κ2) is 5.16. The molecule has 2 aromatic heterocycles. The molecule has 3 aromatic rings. The third kappa shape index (κ3) is 2.61. The van der Waals surface area contributed by atoms with Crippen molar-refractivity contribution in [3.63, 3.8) is 0 Å². The van der Waals surface area contributed by atoms with Crippen LogP contribution in [0.1, 0.15) is 17.5 Å². The molecule has 1 N–H and O–H groups in total. The maximum absolute atomic E-state index is 10.2. The lowest BCUT2D eigenvalue weighted by molar-refractivity contribution is 0.173. The summed E-state index contributed by atoms with van der Waals surface area (Å²) in [5, 5.41) is 11.3. The second-order valence-corrected chi connectivity index (χ2v) is 4.47. The third-order valence-corrected chi connectivity index (χ3v) is 3.09. The minimum atomic E-state index is -0.625. The van der Waals surface area contributed by atoms with Gasteiger partial charge in [-0.15, -0.1) is 0 Å². The number of aliphatic hydroxyl groups is 1. The van der Waals surface area contributed by atoms with E-state index in [0.717, 1.165) is 16.6 Å². The standard InChI is InChI=1S/C16H14N2O/c19-16(11-13-6-3-4-10-17-13)15-9-8-12-5-1-2-7-14(12)18-15/h1-10,16,19H,11H2. The molecule has 0 aliphatic carbocycles. The van der Waals surface area contributed by atoms with E-state index >= 15 is 0 Å². The molecule has 2 heterocycles. The molecule has 0 spiro atoms. The first-order valence-electron chi connectivity index (χ1n) is 6.26. The number of para-hydroxylation sites is 1. The van der Waals surface area contributed by atoms with Gasteiger partial charge in [0.25, 0.3) is 0 Å². The largest absolute Gasteiger partial charge is 0.386 e. The van der Waals surface area contributed by atoms with Gasteiger partial charge in [-0.2, -0.15) is 0 Å². The smallest absolute Gasteiger partial charge is 0.101 e. The van der Waals surface area contributed by atoms with Gasteiger partial charge < -0.3 is 5.11 Å². The van der Waals surface area contributed by atoms with Crippen LogP contribution in [-0.4, -0.2) is 15.1 Å². The van der Waals surface area contributed by atoms with E-state index in [4.69, 9.17) is 0 Å². The number of aromatic nitrogens is 2. The zero-order valence-electron chi connectivity index (χ0n) is 10.4. The minimum absolute atomic E-state index is 0.478. The van der Waals surface area contributed by atoms with Gasteiger partial charge in [0.05, 0.1) is 11.2 Å². The van der Waals surface area contributed by atoms with Gasteiger partial charge in [0.1, 0.15) is 6.10 Å². The van der Waals surface area contributed by atoms with Crippen LogP contribution < -0.4 is 0 Å². The Kier molecular flexibility index (Phi) is 3.21. The molecule has 19 heavy (non-hydrogen) atoms. The highest BCUT2D eigenvalue weighted by atomic mass is 16.3. The predicted molar refractivity (Wildman–Crippen MR) is 74.6 cm³/mol. The van der Waals surface area contributed by atoms with Crippen LogP contribution in [0.3, 0.4) is 0 Å². The molecule has 1 atom stereocenters. The number of pyridine rings is 2. The van der Waals surface area contributed by atoms with Crippen molar-refractivity contribution < 1.29 is 5.11 Å². The average molecular weight is 250 g/mol. The lowest BCUT2D eigenvalue weighted by Gasteiger charge is -2.10. The topological polar surface area (TPSA) is 46.0 Å². The Balaban J connectivity index is 1.87.